The first-order chi connectivity index (χ1) is 9.17. The molecule has 2 unspecified atom stereocenters. The van der Waals surface area contributed by atoms with Crippen LogP contribution in [0.1, 0.15) is 44.2 Å². The molecule has 0 aromatic carbocycles. The Balaban J connectivity index is 2.21. The van der Waals surface area contributed by atoms with Crippen molar-refractivity contribution < 1.29 is 9.59 Å². The predicted octanol–water partition coefficient (Wildman–Crippen LogP) is 1.72. The van der Waals surface area contributed by atoms with E-state index < -0.39 is 0 Å². The zero-order valence-corrected chi connectivity index (χ0v) is 12.1. The fourth-order valence-electron chi connectivity index (χ4n) is 2.41. The van der Waals surface area contributed by atoms with Gasteiger partial charge in [0.2, 0.25) is 11.8 Å². The molecule has 1 aromatic rings. The zero-order chi connectivity index (χ0) is 13.8. The number of carbonyl (C=O) groups excluding carboxylic acids is 2. The summed E-state index contributed by atoms with van der Waals surface area (Å²) in [7, 11) is 0. The second-order valence-electron chi connectivity index (χ2n) is 4.67. The van der Waals surface area contributed by atoms with Gasteiger partial charge in [0, 0.05) is 11.6 Å². The molecule has 0 spiro atoms. The van der Waals surface area contributed by atoms with Gasteiger partial charge >= 0.3 is 0 Å². The molecule has 6 heteroatoms. The Kier molecular flexibility index (Phi) is 4.52. The van der Waals surface area contributed by atoms with Crippen LogP contribution in [0.25, 0.3) is 0 Å². The van der Waals surface area contributed by atoms with Crippen molar-refractivity contribution in [3.63, 3.8) is 0 Å². The largest absolute Gasteiger partial charge is 0.343 e. The first-order valence-corrected chi connectivity index (χ1v) is 7.54. The number of thiazole rings is 1. The van der Waals surface area contributed by atoms with Crippen LogP contribution in [-0.2, 0) is 9.59 Å². The van der Waals surface area contributed by atoms with E-state index in [1.807, 2.05) is 19.2 Å². The normalized spacial score (nSPS) is 21.4. The fourth-order valence-corrected chi connectivity index (χ4v) is 3.24. The molecule has 1 fully saturated rings. The third kappa shape index (κ3) is 2.94. The molecule has 0 radical (unpaired) electrons. The Labute approximate surface area is 117 Å². The average Bonchev–Trinajstić information content (AvgIpc) is 2.90. The van der Waals surface area contributed by atoms with Crippen molar-refractivity contribution in [2.45, 2.75) is 45.2 Å². The Morgan fingerprint density at radius 2 is 2.32 bits per heavy atom. The van der Waals surface area contributed by atoms with Gasteiger partial charge in [-0.3, -0.25) is 9.59 Å². The lowest BCUT2D eigenvalue weighted by molar-refractivity contribution is -0.147. The molecule has 5 nitrogen and oxygen atoms in total. The molecule has 2 atom stereocenters. The monoisotopic (exact) mass is 281 g/mol. The Hall–Kier alpha value is -1.43. The standard InChI is InChI=1S/C13H19N3O2S/c1-3-5-9-13(18)16(8-11(17)15-9)10(4-2)12-14-6-7-19-12/h6-7,9-10H,3-5,8H2,1-2H3,(H,15,17). The summed E-state index contributed by atoms with van der Waals surface area (Å²) in [6.07, 6.45) is 4.07. The minimum Gasteiger partial charge on any atom is -0.343 e. The van der Waals surface area contributed by atoms with E-state index in [2.05, 4.69) is 10.3 Å². The van der Waals surface area contributed by atoms with Gasteiger partial charge in [-0.2, -0.15) is 0 Å². The van der Waals surface area contributed by atoms with Gasteiger partial charge < -0.3 is 10.2 Å². The van der Waals surface area contributed by atoms with Crippen molar-refractivity contribution >= 4 is 23.2 Å². The van der Waals surface area contributed by atoms with Crippen LogP contribution in [0.5, 0.6) is 0 Å². The van der Waals surface area contributed by atoms with Crippen molar-refractivity contribution in [3.8, 4) is 0 Å². The SMILES string of the molecule is CCCC1NC(=O)CN(C(CC)c2nccs2)C1=O. The number of hydrogen-bond donors (Lipinski definition) is 1. The fraction of sp³-hybridized carbons (Fsp3) is 0.615. The van der Waals surface area contributed by atoms with E-state index >= 15 is 0 Å². The van der Waals surface area contributed by atoms with Crippen LogP contribution in [0.4, 0.5) is 0 Å². The maximum absolute atomic E-state index is 12.4. The summed E-state index contributed by atoms with van der Waals surface area (Å²) >= 11 is 1.53. The summed E-state index contributed by atoms with van der Waals surface area (Å²) < 4.78 is 0. The number of aromatic nitrogens is 1. The molecule has 2 amide bonds. The zero-order valence-electron chi connectivity index (χ0n) is 11.3. The van der Waals surface area contributed by atoms with Gasteiger partial charge in [0.05, 0.1) is 6.04 Å². The molecule has 2 rings (SSSR count). The molecule has 19 heavy (non-hydrogen) atoms. The van der Waals surface area contributed by atoms with E-state index in [0.717, 1.165) is 17.8 Å². The van der Waals surface area contributed by atoms with Crippen LogP contribution >= 0.6 is 11.3 Å². The van der Waals surface area contributed by atoms with Gasteiger partial charge in [-0.15, -0.1) is 11.3 Å². The number of hydrogen-bond acceptors (Lipinski definition) is 4. The lowest BCUT2D eigenvalue weighted by Crippen LogP contribution is -2.58. The summed E-state index contributed by atoms with van der Waals surface area (Å²) in [4.78, 5) is 30.2. The third-order valence-corrected chi connectivity index (χ3v) is 4.18. The van der Waals surface area contributed by atoms with Gasteiger partial charge in [-0.25, -0.2) is 4.98 Å². The van der Waals surface area contributed by atoms with E-state index in [1.54, 1.807) is 11.1 Å². The van der Waals surface area contributed by atoms with Gasteiger partial charge in [-0.05, 0) is 12.8 Å². The molecule has 1 aromatic heterocycles. The summed E-state index contributed by atoms with van der Waals surface area (Å²) in [5, 5.41) is 5.58. The molecular weight excluding hydrogens is 262 g/mol. The van der Waals surface area contributed by atoms with Crippen molar-refractivity contribution in [1.29, 1.82) is 0 Å². The highest BCUT2D eigenvalue weighted by Gasteiger charge is 2.36. The lowest BCUT2D eigenvalue weighted by Gasteiger charge is -2.36. The van der Waals surface area contributed by atoms with Gasteiger partial charge in [-0.1, -0.05) is 20.3 Å². The molecule has 104 valence electrons. The highest BCUT2D eigenvalue weighted by atomic mass is 32.1. The van der Waals surface area contributed by atoms with Crippen molar-refractivity contribution in [1.82, 2.24) is 15.2 Å². The summed E-state index contributed by atoms with van der Waals surface area (Å²) in [6.45, 7) is 4.16. The van der Waals surface area contributed by atoms with Crippen molar-refractivity contribution in [3.05, 3.63) is 16.6 Å². The first-order valence-electron chi connectivity index (χ1n) is 6.66. The molecule has 0 saturated carbocycles. The van der Waals surface area contributed by atoms with E-state index in [9.17, 15) is 9.59 Å². The van der Waals surface area contributed by atoms with Crippen molar-refractivity contribution in [2.24, 2.45) is 0 Å². The Morgan fingerprint density at radius 3 is 2.89 bits per heavy atom. The number of nitrogens with zero attached hydrogens (tertiary/aromatic N) is 2. The maximum Gasteiger partial charge on any atom is 0.246 e. The van der Waals surface area contributed by atoms with Crippen LogP contribution < -0.4 is 5.32 Å². The first kappa shape index (κ1) is 14.0. The molecule has 0 aliphatic carbocycles. The van der Waals surface area contributed by atoms with E-state index in [4.69, 9.17) is 0 Å². The molecule has 1 aliphatic heterocycles. The highest BCUT2D eigenvalue weighted by molar-refractivity contribution is 7.09. The van der Waals surface area contributed by atoms with Crippen LogP contribution in [-0.4, -0.2) is 34.3 Å². The smallest absolute Gasteiger partial charge is 0.246 e. The van der Waals surface area contributed by atoms with E-state index in [-0.39, 0.29) is 30.4 Å². The number of nitrogens with one attached hydrogen (secondary N) is 1. The third-order valence-electron chi connectivity index (χ3n) is 3.31. The average molecular weight is 281 g/mol. The van der Waals surface area contributed by atoms with Gasteiger partial charge in [0.15, 0.2) is 0 Å². The Bertz CT molecular complexity index is 447. The van der Waals surface area contributed by atoms with E-state index in [0.29, 0.717) is 6.42 Å². The van der Waals surface area contributed by atoms with Crippen LogP contribution in [0.3, 0.4) is 0 Å². The van der Waals surface area contributed by atoms with Crippen LogP contribution in [0.15, 0.2) is 11.6 Å². The molecule has 1 aliphatic rings. The van der Waals surface area contributed by atoms with Gasteiger partial charge in [0.1, 0.15) is 17.6 Å². The lowest BCUT2D eigenvalue weighted by atomic mass is 10.1. The number of carbonyl (C=O) groups is 2. The molecule has 0 bridgehead atoms. The minimum atomic E-state index is -0.375. The molecule has 2 heterocycles. The highest BCUT2D eigenvalue weighted by Crippen LogP contribution is 2.28. The minimum absolute atomic E-state index is 0.0171. The predicted molar refractivity (Wildman–Crippen MR) is 73.7 cm³/mol. The van der Waals surface area contributed by atoms with Gasteiger partial charge in [0.25, 0.3) is 0 Å². The van der Waals surface area contributed by atoms with E-state index in [1.165, 1.54) is 11.3 Å². The molecular formula is C13H19N3O2S. The number of amides is 2. The maximum atomic E-state index is 12.4. The molecule has 1 saturated heterocycles. The summed E-state index contributed by atoms with van der Waals surface area (Å²) in [6, 6.07) is -0.460. The number of rotatable bonds is 5. The van der Waals surface area contributed by atoms with Crippen LogP contribution in [0, 0.1) is 0 Å². The quantitative estimate of drug-likeness (QED) is 0.894. The second kappa shape index (κ2) is 6.14. The topological polar surface area (TPSA) is 62.3 Å². The number of piperazine rings is 1. The summed E-state index contributed by atoms with van der Waals surface area (Å²) in [5.41, 5.74) is 0. The van der Waals surface area contributed by atoms with Crippen LogP contribution in [0.2, 0.25) is 0 Å². The second-order valence-corrected chi connectivity index (χ2v) is 5.60. The Morgan fingerprint density at radius 1 is 1.53 bits per heavy atom. The summed E-state index contributed by atoms with van der Waals surface area (Å²) in [5.74, 6) is -0.0587. The molecule has 1 N–H and O–H groups in total. The van der Waals surface area contributed by atoms with Crippen molar-refractivity contribution in [2.75, 3.05) is 6.54 Å².